The summed E-state index contributed by atoms with van der Waals surface area (Å²) in [6, 6.07) is 20.6. The third-order valence-electron chi connectivity index (χ3n) is 6.21. The van der Waals surface area contributed by atoms with Crippen molar-refractivity contribution in [3.63, 3.8) is 0 Å². The van der Waals surface area contributed by atoms with Crippen molar-refractivity contribution in [2.24, 2.45) is 0 Å². The van der Waals surface area contributed by atoms with Gasteiger partial charge in [0.25, 0.3) is 0 Å². The number of allylic oxidation sites excluding steroid dienone is 1. The van der Waals surface area contributed by atoms with Crippen LogP contribution in [0.5, 0.6) is 0 Å². The van der Waals surface area contributed by atoms with Crippen LogP contribution in [0.15, 0.2) is 83.8 Å². The summed E-state index contributed by atoms with van der Waals surface area (Å²) in [5, 5.41) is 11.7. The summed E-state index contributed by atoms with van der Waals surface area (Å²) in [6.45, 7) is 1.26. The molecule has 1 aliphatic rings. The highest BCUT2D eigenvalue weighted by molar-refractivity contribution is 7.89. The molecule has 1 heterocycles. The lowest BCUT2D eigenvalue weighted by atomic mass is 10.1. The molecule has 0 saturated carbocycles. The topological polar surface area (TPSA) is 86.7 Å². The van der Waals surface area contributed by atoms with Gasteiger partial charge in [-0.3, -0.25) is 9.69 Å². The SMILES string of the molecule is O=C(O)CCCC=C[C@@H]1C[C@@H](NS(=O)(=O)c2ccc(Cl)cc2)CN1Cc1ccc2ccccc2c1. The quantitative estimate of drug-likeness (QED) is 0.287. The lowest BCUT2D eigenvalue weighted by molar-refractivity contribution is -0.137. The molecule has 2 atom stereocenters. The number of carboxylic acid groups (broad SMARTS) is 1. The normalized spacial score (nSPS) is 19.0. The van der Waals surface area contributed by atoms with Gasteiger partial charge in [0.05, 0.1) is 4.90 Å². The fourth-order valence-corrected chi connectivity index (χ4v) is 5.86. The van der Waals surface area contributed by atoms with E-state index in [1.165, 1.54) is 22.9 Å². The van der Waals surface area contributed by atoms with Crippen LogP contribution in [-0.2, 0) is 21.4 Å². The third-order valence-corrected chi connectivity index (χ3v) is 8.00. The maximum absolute atomic E-state index is 12.9. The molecule has 6 nitrogen and oxygen atoms in total. The smallest absolute Gasteiger partial charge is 0.303 e. The number of aliphatic carboxylic acids is 1. The summed E-state index contributed by atoms with van der Waals surface area (Å²) in [7, 11) is -3.67. The minimum absolute atomic E-state index is 0.0456. The minimum atomic E-state index is -3.67. The number of carboxylic acids is 1. The molecular formula is C27H29ClN2O4S. The van der Waals surface area contributed by atoms with Crippen molar-refractivity contribution in [1.82, 2.24) is 9.62 Å². The molecule has 1 saturated heterocycles. The Balaban J connectivity index is 1.49. The fraction of sp³-hybridized carbons (Fsp3) is 0.296. The van der Waals surface area contributed by atoms with E-state index in [0.717, 1.165) is 5.56 Å². The van der Waals surface area contributed by atoms with Crippen LogP contribution in [0.3, 0.4) is 0 Å². The maximum atomic E-state index is 12.9. The van der Waals surface area contributed by atoms with Gasteiger partial charge in [0.1, 0.15) is 0 Å². The number of fused-ring (bicyclic) bond motifs is 1. The van der Waals surface area contributed by atoms with E-state index in [9.17, 15) is 13.2 Å². The molecule has 0 aliphatic carbocycles. The number of hydrogen-bond donors (Lipinski definition) is 2. The van der Waals surface area contributed by atoms with E-state index in [-0.39, 0.29) is 23.4 Å². The lowest BCUT2D eigenvalue weighted by Gasteiger charge is -2.22. The predicted octanol–water partition coefficient (Wildman–Crippen LogP) is 5.23. The van der Waals surface area contributed by atoms with Gasteiger partial charge in [-0.1, -0.05) is 60.2 Å². The number of unbranched alkanes of at least 4 members (excludes halogenated alkanes) is 1. The first-order chi connectivity index (χ1) is 16.8. The molecule has 0 aromatic heterocycles. The van der Waals surface area contributed by atoms with Gasteiger partial charge in [-0.05, 0) is 65.9 Å². The summed E-state index contributed by atoms with van der Waals surface area (Å²) in [5.41, 5.74) is 1.16. The second kappa shape index (κ2) is 11.4. The lowest BCUT2D eigenvalue weighted by Crippen LogP contribution is -2.37. The van der Waals surface area contributed by atoms with Crippen molar-refractivity contribution in [1.29, 1.82) is 0 Å². The van der Waals surface area contributed by atoms with Crippen molar-refractivity contribution < 1.29 is 18.3 Å². The van der Waals surface area contributed by atoms with Gasteiger partial charge in [0, 0.05) is 36.6 Å². The Bertz CT molecular complexity index is 1310. The summed E-state index contributed by atoms with van der Waals surface area (Å²) < 4.78 is 28.7. The second-order valence-electron chi connectivity index (χ2n) is 8.90. The van der Waals surface area contributed by atoms with Crippen LogP contribution < -0.4 is 4.72 Å². The van der Waals surface area contributed by atoms with Gasteiger partial charge in [0.2, 0.25) is 10.0 Å². The largest absolute Gasteiger partial charge is 0.481 e. The Hall–Kier alpha value is -2.71. The minimum Gasteiger partial charge on any atom is -0.481 e. The summed E-state index contributed by atoms with van der Waals surface area (Å²) >= 11 is 5.91. The molecule has 3 aromatic carbocycles. The highest BCUT2D eigenvalue weighted by Gasteiger charge is 2.33. The molecule has 4 rings (SSSR count). The Labute approximate surface area is 211 Å². The zero-order valence-electron chi connectivity index (χ0n) is 19.3. The van der Waals surface area contributed by atoms with Gasteiger partial charge in [0.15, 0.2) is 0 Å². The van der Waals surface area contributed by atoms with E-state index < -0.39 is 16.0 Å². The molecule has 1 fully saturated rings. The van der Waals surface area contributed by atoms with Crippen LogP contribution >= 0.6 is 11.6 Å². The number of halogens is 1. The Kier molecular flexibility index (Phi) is 8.23. The molecule has 0 unspecified atom stereocenters. The van der Waals surface area contributed by atoms with Crippen molar-refractivity contribution in [2.45, 2.75) is 49.2 Å². The summed E-state index contributed by atoms with van der Waals surface area (Å²) in [6.07, 6.45) is 6.12. The van der Waals surface area contributed by atoms with E-state index in [2.05, 4.69) is 46.0 Å². The third kappa shape index (κ3) is 6.92. The van der Waals surface area contributed by atoms with Crippen LogP contribution in [0.2, 0.25) is 5.02 Å². The Morgan fingerprint density at radius 1 is 1.09 bits per heavy atom. The molecule has 1 aliphatic heterocycles. The first kappa shape index (κ1) is 25.4. The Morgan fingerprint density at radius 2 is 1.83 bits per heavy atom. The first-order valence-corrected chi connectivity index (χ1v) is 13.5. The molecule has 0 bridgehead atoms. The molecule has 0 spiro atoms. The zero-order chi connectivity index (χ0) is 24.8. The van der Waals surface area contributed by atoms with Gasteiger partial charge in [-0.25, -0.2) is 13.1 Å². The molecular weight excluding hydrogens is 484 g/mol. The molecule has 3 aromatic rings. The van der Waals surface area contributed by atoms with E-state index in [1.807, 2.05) is 18.2 Å². The van der Waals surface area contributed by atoms with E-state index >= 15 is 0 Å². The zero-order valence-corrected chi connectivity index (χ0v) is 20.9. The number of hydrogen-bond acceptors (Lipinski definition) is 4. The second-order valence-corrected chi connectivity index (χ2v) is 11.1. The van der Waals surface area contributed by atoms with Crippen LogP contribution in [0.4, 0.5) is 0 Å². The van der Waals surface area contributed by atoms with E-state index in [0.29, 0.717) is 37.4 Å². The summed E-state index contributed by atoms with van der Waals surface area (Å²) in [4.78, 5) is 13.2. The molecule has 2 N–H and O–H groups in total. The van der Waals surface area contributed by atoms with Crippen molar-refractivity contribution in [3.05, 3.63) is 89.5 Å². The molecule has 184 valence electrons. The van der Waals surface area contributed by atoms with Crippen molar-refractivity contribution in [2.75, 3.05) is 6.54 Å². The number of rotatable bonds is 10. The number of nitrogens with zero attached hydrogens (tertiary/aromatic N) is 1. The molecule has 0 amide bonds. The number of likely N-dealkylation sites (tertiary alicyclic amines) is 1. The monoisotopic (exact) mass is 512 g/mol. The standard InChI is InChI=1S/C27H29ClN2O4S/c28-23-12-14-26(15-13-23)35(33,34)29-24-17-25(8-2-1-3-9-27(31)32)30(19-24)18-20-10-11-21-6-4-5-7-22(21)16-20/h2,4-8,10-16,24-25,29H,1,3,9,17-19H2,(H,31,32)/t24-,25-/m1/s1. The van der Waals surface area contributed by atoms with E-state index in [4.69, 9.17) is 16.7 Å². The maximum Gasteiger partial charge on any atom is 0.303 e. The fourth-order valence-electron chi connectivity index (χ4n) is 4.50. The van der Waals surface area contributed by atoms with E-state index in [1.54, 1.807) is 12.1 Å². The van der Waals surface area contributed by atoms with Crippen molar-refractivity contribution in [3.8, 4) is 0 Å². The first-order valence-electron chi connectivity index (χ1n) is 11.7. The molecule has 8 heteroatoms. The average Bonchev–Trinajstić information content (AvgIpc) is 3.18. The van der Waals surface area contributed by atoms with Gasteiger partial charge < -0.3 is 5.11 Å². The number of nitrogens with one attached hydrogen (secondary N) is 1. The van der Waals surface area contributed by atoms with Gasteiger partial charge >= 0.3 is 5.97 Å². The molecule has 0 radical (unpaired) electrons. The Morgan fingerprint density at radius 3 is 2.57 bits per heavy atom. The van der Waals surface area contributed by atoms with Gasteiger partial charge in [-0.15, -0.1) is 0 Å². The predicted molar refractivity (Wildman–Crippen MR) is 139 cm³/mol. The van der Waals surface area contributed by atoms with Crippen LogP contribution in [0.25, 0.3) is 10.8 Å². The number of carbonyl (C=O) groups is 1. The highest BCUT2D eigenvalue weighted by Crippen LogP contribution is 2.25. The molecule has 35 heavy (non-hydrogen) atoms. The van der Waals surface area contributed by atoms with Crippen LogP contribution in [0.1, 0.15) is 31.2 Å². The van der Waals surface area contributed by atoms with Gasteiger partial charge in [-0.2, -0.15) is 0 Å². The average molecular weight is 513 g/mol. The van der Waals surface area contributed by atoms with Crippen LogP contribution in [0, 0.1) is 0 Å². The number of sulfonamides is 1. The number of benzene rings is 3. The van der Waals surface area contributed by atoms with Crippen LogP contribution in [-0.4, -0.2) is 43.0 Å². The van der Waals surface area contributed by atoms with Crippen molar-refractivity contribution >= 4 is 38.4 Å². The highest BCUT2D eigenvalue weighted by atomic mass is 35.5. The summed E-state index contributed by atoms with van der Waals surface area (Å²) in [5.74, 6) is -0.797.